The molecule has 0 aromatic heterocycles. The Hall–Kier alpha value is -4.19. The maximum absolute atomic E-state index is 12.9. The summed E-state index contributed by atoms with van der Waals surface area (Å²) >= 11 is 0. The summed E-state index contributed by atoms with van der Waals surface area (Å²) in [4.78, 5) is 38.3. The molecule has 0 aromatic carbocycles. The van der Waals surface area contributed by atoms with Crippen LogP contribution in [0.15, 0.2) is 122 Å². The molecule has 0 N–H and O–H groups in total. The summed E-state index contributed by atoms with van der Waals surface area (Å²) in [5, 5.41) is 0. The Bertz CT molecular complexity index is 1570. The number of rotatable bonds is 55. The van der Waals surface area contributed by atoms with E-state index in [9.17, 15) is 14.4 Å². The van der Waals surface area contributed by atoms with Crippen molar-refractivity contribution in [3.63, 3.8) is 0 Å². The quantitative estimate of drug-likeness (QED) is 0.0261. The lowest BCUT2D eigenvalue weighted by Crippen LogP contribution is -2.30. The highest BCUT2D eigenvalue weighted by Crippen LogP contribution is 2.15. The maximum atomic E-state index is 12.9. The van der Waals surface area contributed by atoms with Crippen molar-refractivity contribution >= 4 is 17.9 Å². The van der Waals surface area contributed by atoms with Gasteiger partial charge in [0.25, 0.3) is 0 Å². The van der Waals surface area contributed by atoms with Gasteiger partial charge in [0.05, 0.1) is 0 Å². The molecule has 1 atom stereocenters. The highest BCUT2D eigenvalue weighted by molar-refractivity contribution is 5.71. The van der Waals surface area contributed by atoms with E-state index in [1.807, 2.05) is 6.08 Å². The molecule has 0 aromatic rings. The minimum absolute atomic E-state index is 0.110. The Labute approximate surface area is 462 Å². The van der Waals surface area contributed by atoms with Crippen LogP contribution in [0.5, 0.6) is 0 Å². The standard InChI is InChI=1S/C69H114O6/c1-4-7-10-13-16-19-22-25-28-31-34-37-40-43-46-49-52-55-58-61-67(70)73-64-66(75-69(72)63-60-57-54-51-48-45-42-39-36-33-30-27-24-21-18-15-12-9-6-3)65-74-68(71)62-59-56-53-50-47-44-41-38-35-32-29-26-23-20-17-14-11-8-5-2/h7,10,16,18-19,21,25-30,34,36-37,39,43,46,52,55,66H,4-6,8-9,11-15,17,20,22-24,31-33,35,38,40-42,44-45,47-51,53-54,56-65H2,1-3H3/b10-7-,19-16-,21-18-,28-25-,29-26-,30-27-,37-34-,39-36-,46-43-,55-52-/t66-/m0/s1. The van der Waals surface area contributed by atoms with Gasteiger partial charge in [0.2, 0.25) is 0 Å². The molecule has 0 radical (unpaired) electrons. The Morgan fingerprint density at radius 1 is 0.280 bits per heavy atom. The van der Waals surface area contributed by atoms with E-state index in [1.165, 1.54) is 128 Å². The van der Waals surface area contributed by atoms with E-state index in [4.69, 9.17) is 14.2 Å². The number of carbonyl (C=O) groups excluding carboxylic acids is 3. The van der Waals surface area contributed by atoms with Crippen LogP contribution in [0.3, 0.4) is 0 Å². The summed E-state index contributed by atoms with van der Waals surface area (Å²) in [5.74, 6) is -1.01. The predicted molar refractivity (Wildman–Crippen MR) is 325 cm³/mol. The number of allylic oxidation sites excluding steroid dienone is 20. The van der Waals surface area contributed by atoms with Gasteiger partial charge < -0.3 is 14.2 Å². The van der Waals surface area contributed by atoms with Gasteiger partial charge in [-0.15, -0.1) is 0 Å². The van der Waals surface area contributed by atoms with E-state index in [2.05, 4.69) is 136 Å². The normalized spacial score (nSPS) is 12.9. The average Bonchev–Trinajstić information content (AvgIpc) is 3.41. The molecule has 0 heterocycles. The van der Waals surface area contributed by atoms with E-state index in [1.54, 1.807) is 0 Å². The second-order valence-corrected chi connectivity index (χ2v) is 20.2. The molecule has 0 unspecified atom stereocenters. The fraction of sp³-hybridized carbons (Fsp3) is 0.667. The van der Waals surface area contributed by atoms with E-state index >= 15 is 0 Å². The molecule has 0 saturated carbocycles. The summed E-state index contributed by atoms with van der Waals surface area (Å²) in [6, 6.07) is 0. The molecule has 0 rings (SSSR count). The van der Waals surface area contributed by atoms with E-state index in [-0.39, 0.29) is 37.5 Å². The third-order valence-corrected chi connectivity index (χ3v) is 12.9. The first-order valence-corrected chi connectivity index (χ1v) is 31.0. The lowest BCUT2D eigenvalue weighted by Gasteiger charge is -2.18. The monoisotopic (exact) mass is 1040 g/mol. The van der Waals surface area contributed by atoms with Crippen LogP contribution in [0.4, 0.5) is 0 Å². The topological polar surface area (TPSA) is 78.9 Å². The number of ether oxygens (including phenoxy) is 3. The second kappa shape index (κ2) is 62.4. The number of esters is 3. The molecule has 426 valence electrons. The van der Waals surface area contributed by atoms with Gasteiger partial charge in [0.15, 0.2) is 6.10 Å². The van der Waals surface area contributed by atoms with Crippen LogP contribution in [0.2, 0.25) is 0 Å². The molecular weight excluding hydrogens is 925 g/mol. The summed E-state index contributed by atoms with van der Waals surface area (Å²) in [5.41, 5.74) is 0. The molecule has 6 heteroatoms. The van der Waals surface area contributed by atoms with Gasteiger partial charge in [-0.05, 0) is 122 Å². The van der Waals surface area contributed by atoms with E-state index in [0.717, 1.165) is 103 Å². The molecule has 0 saturated heterocycles. The van der Waals surface area contributed by atoms with Gasteiger partial charge in [-0.25, -0.2) is 0 Å². The van der Waals surface area contributed by atoms with Crippen molar-refractivity contribution < 1.29 is 28.6 Å². The van der Waals surface area contributed by atoms with Crippen LogP contribution >= 0.6 is 0 Å². The van der Waals surface area contributed by atoms with Crippen LogP contribution in [0.25, 0.3) is 0 Å². The fourth-order valence-corrected chi connectivity index (χ4v) is 8.29. The minimum atomic E-state index is -0.821. The van der Waals surface area contributed by atoms with Gasteiger partial charge in [-0.1, -0.05) is 258 Å². The van der Waals surface area contributed by atoms with Gasteiger partial charge >= 0.3 is 17.9 Å². The SMILES string of the molecule is CC/C=C\C/C=C\C/C=C\C/C=C\C/C=C\C/C=C\CCC(=O)OC[C@@H](COC(=O)CCCCCCCCCCC/C=C\CCCCCCCC)OC(=O)CCCCCCCC/C=C\C/C=C\C/C=C\CCCCC. The summed E-state index contributed by atoms with van der Waals surface area (Å²) in [7, 11) is 0. The molecule has 0 aliphatic rings. The van der Waals surface area contributed by atoms with Gasteiger partial charge in [0.1, 0.15) is 13.2 Å². The van der Waals surface area contributed by atoms with Crippen molar-refractivity contribution in [3.05, 3.63) is 122 Å². The molecule has 0 fully saturated rings. The minimum Gasteiger partial charge on any atom is -0.462 e. The summed E-state index contributed by atoms with van der Waals surface area (Å²) in [6.45, 7) is 6.43. The molecule has 0 amide bonds. The average molecular weight is 1040 g/mol. The van der Waals surface area contributed by atoms with Crippen molar-refractivity contribution in [1.29, 1.82) is 0 Å². The Morgan fingerprint density at radius 2 is 0.547 bits per heavy atom. The summed E-state index contributed by atoms with van der Waals surface area (Å²) < 4.78 is 16.8. The third-order valence-electron chi connectivity index (χ3n) is 12.9. The van der Waals surface area contributed by atoms with Crippen molar-refractivity contribution in [2.75, 3.05) is 13.2 Å². The largest absolute Gasteiger partial charge is 0.462 e. The molecule has 0 bridgehead atoms. The van der Waals surface area contributed by atoms with Gasteiger partial charge in [-0.2, -0.15) is 0 Å². The lowest BCUT2D eigenvalue weighted by atomic mass is 10.1. The Balaban J connectivity index is 4.53. The zero-order valence-corrected chi connectivity index (χ0v) is 48.8. The zero-order valence-electron chi connectivity index (χ0n) is 48.8. The number of hydrogen-bond acceptors (Lipinski definition) is 6. The van der Waals surface area contributed by atoms with Crippen molar-refractivity contribution in [3.8, 4) is 0 Å². The van der Waals surface area contributed by atoms with Crippen molar-refractivity contribution in [2.45, 2.75) is 284 Å². The first kappa shape index (κ1) is 70.8. The van der Waals surface area contributed by atoms with Crippen LogP contribution in [-0.2, 0) is 28.6 Å². The zero-order chi connectivity index (χ0) is 54.3. The molecule has 6 nitrogen and oxygen atoms in total. The van der Waals surface area contributed by atoms with Gasteiger partial charge in [-0.3, -0.25) is 14.4 Å². The molecule has 0 spiro atoms. The van der Waals surface area contributed by atoms with Crippen molar-refractivity contribution in [2.24, 2.45) is 0 Å². The third kappa shape index (κ3) is 60.6. The smallest absolute Gasteiger partial charge is 0.306 e. The highest BCUT2D eigenvalue weighted by atomic mass is 16.6. The van der Waals surface area contributed by atoms with E-state index < -0.39 is 6.10 Å². The first-order valence-electron chi connectivity index (χ1n) is 31.0. The van der Waals surface area contributed by atoms with Crippen LogP contribution < -0.4 is 0 Å². The molecule has 75 heavy (non-hydrogen) atoms. The fourth-order valence-electron chi connectivity index (χ4n) is 8.29. The summed E-state index contributed by atoms with van der Waals surface area (Å²) in [6.07, 6.45) is 86.3. The van der Waals surface area contributed by atoms with Gasteiger partial charge in [0, 0.05) is 19.3 Å². The highest BCUT2D eigenvalue weighted by Gasteiger charge is 2.19. The lowest BCUT2D eigenvalue weighted by molar-refractivity contribution is -0.166. The first-order chi connectivity index (χ1) is 37.0. The van der Waals surface area contributed by atoms with E-state index in [0.29, 0.717) is 19.3 Å². The number of carbonyl (C=O) groups is 3. The van der Waals surface area contributed by atoms with Crippen LogP contribution in [-0.4, -0.2) is 37.2 Å². The molecular formula is C69H114O6. The molecule has 0 aliphatic heterocycles. The maximum Gasteiger partial charge on any atom is 0.306 e. The van der Waals surface area contributed by atoms with Crippen LogP contribution in [0, 0.1) is 0 Å². The number of hydrogen-bond donors (Lipinski definition) is 0. The van der Waals surface area contributed by atoms with Crippen molar-refractivity contribution in [1.82, 2.24) is 0 Å². The number of unbranched alkanes of at least 4 members (excludes halogenated alkanes) is 24. The van der Waals surface area contributed by atoms with Crippen LogP contribution in [0.1, 0.15) is 278 Å². The Kier molecular flexibility index (Phi) is 58.9. The predicted octanol–water partition coefficient (Wildman–Crippen LogP) is 21.2. The molecule has 0 aliphatic carbocycles. The Morgan fingerprint density at radius 3 is 0.933 bits per heavy atom. The second-order valence-electron chi connectivity index (χ2n) is 20.2.